The van der Waals surface area contributed by atoms with E-state index >= 15 is 0 Å². The molecule has 1 rings (SSSR count). The van der Waals surface area contributed by atoms with E-state index in [1.54, 1.807) is 6.07 Å². The summed E-state index contributed by atoms with van der Waals surface area (Å²) in [4.78, 5) is 15.5. The van der Waals surface area contributed by atoms with Crippen LogP contribution in [0.4, 0.5) is 10.6 Å². The summed E-state index contributed by atoms with van der Waals surface area (Å²) in [5, 5.41) is 18.6. The normalized spacial score (nSPS) is 11.8. The lowest BCUT2D eigenvalue weighted by molar-refractivity contribution is 0.160. The number of aliphatic hydroxyl groups is 1. The molecule has 0 aliphatic rings. The molecule has 1 atom stereocenters. The minimum absolute atomic E-state index is 0.268. The zero-order valence-electron chi connectivity index (χ0n) is 11.8. The predicted octanol–water partition coefficient (Wildman–Crippen LogP) is 2.26. The van der Waals surface area contributed by atoms with E-state index in [0.29, 0.717) is 48.3 Å². The highest BCUT2D eigenvalue weighted by atomic mass is 35.5. The second-order valence-electron chi connectivity index (χ2n) is 4.44. The second-order valence-corrected chi connectivity index (χ2v) is 5.29. The van der Waals surface area contributed by atoms with E-state index < -0.39 is 0 Å². The van der Waals surface area contributed by atoms with Gasteiger partial charge in [0.05, 0.1) is 16.1 Å². The van der Waals surface area contributed by atoms with Crippen LogP contribution in [-0.4, -0.2) is 41.9 Å². The molecule has 0 aliphatic carbocycles. The van der Waals surface area contributed by atoms with Gasteiger partial charge in [0, 0.05) is 25.8 Å². The number of hydrogen-bond acceptors (Lipinski definition) is 4. The summed E-state index contributed by atoms with van der Waals surface area (Å²) < 4.78 is 0. The first-order valence-electron chi connectivity index (χ1n) is 6.77. The molecule has 0 fully saturated rings. The smallest absolute Gasteiger partial charge is 0.314 e. The molecular formula is C13H20Cl2N4O2. The summed E-state index contributed by atoms with van der Waals surface area (Å²) in [6.45, 7) is 3.24. The Morgan fingerprint density at radius 3 is 2.71 bits per heavy atom. The third-order valence-corrected chi connectivity index (χ3v) is 3.24. The van der Waals surface area contributed by atoms with Crippen molar-refractivity contribution in [2.24, 2.45) is 0 Å². The monoisotopic (exact) mass is 334 g/mol. The maximum atomic E-state index is 11.4. The molecule has 0 spiro atoms. The highest BCUT2D eigenvalue weighted by molar-refractivity contribution is 6.35. The van der Waals surface area contributed by atoms with Crippen LogP contribution >= 0.6 is 23.2 Å². The average Bonchev–Trinajstić information content (AvgIpc) is 2.45. The predicted molar refractivity (Wildman–Crippen MR) is 85.1 cm³/mol. The Kier molecular flexibility index (Phi) is 8.19. The first kappa shape index (κ1) is 17.8. The zero-order valence-corrected chi connectivity index (χ0v) is 13.3. The van der Waals surface area contributed by atoms with E-state index in [1.807, 2.05) is 6.92 Å². The first-order chi connectivity index (χ1) is 10.0. The minimum Gasteiger partial charge on any atom is -0.393 e. The van der Waals surface area contributed by atoms with Crippen molar-refractivity contribution in [2.75, 3.05) is 25.0 Å². The van der Waals surface area contributed by atoms with Crippen LogP contribution in [0.15, 0.2) is 12.3 Å². The zero-order chi connectivity index (χ0) is 15.7. The quantitative estimate of drug-likeness (QED) is 0.549. The highest BCUT2D eigenvalue weighted by Gasteiger charge is 2.04. The molecule has 0 aromatic carbocycles. The fourth-order valence-corrected chi connectivity index (χ4v) is 1.97. The highest BCUT2D eigenvalue weighted by Crippen LogP contribution is 2.21. The van der Waals surface area contributed by atoms with Gasteiger partial charge in [-0.1, -0.05) is 30.1 Å². The molecule has 118 valence electrons. The number of pyridine rings is 1. The van der Waals surface area contributed by atoms with Crippen LogP contribution in [0.2, 0.25) is 10.0 Å². The molecule has 1 aromatic rings. The average molecular weight is 335 g/mol. The molecule has 6 nitrogen and oxygen atoms in total. The number of carbonyl (C=O) groups is 1. The lowest BCUT2D eigenvalue weighted by atomic mass is 10.2. The first-order valence-corrected chi connectivity index (χ1v) is 7.53. The van der Waals surface area contributed by atoms with Crippen LogP contribution in [0.3, 0.4) is 0 Å². The van der Waals surface area contributed by atoms with Crippen molar-refractivity contribution in [3.05, 3.63) is 22.3 Å². The van der Waals surface area contributed by atoms with Gasteiger partial charge in [-0.25, -0.2) is 9.78 Å². The van der Waals surface area contributed by atoms with Gasteiger partial charge in [-0.2, -0.15) is 0 Å². The van der Waals surface area contributed by atoms with Gasteiger partial charge in [0.25, 0.3) is 0 Å². The van der Waals surface area contributed by atoms with E-state index in [2.05, 4.69) is 20.9 Å². The Morgan fingerprint density at radius 2 is 2.05 bits per heavy atom. The van der Waals surface area contributed by atoms with Crippen LogP contribution in [0.1, 0.15) is 19.8 Å². The number of anilines is 1. The van der Waals surface area contributed by atoms with Gasteiger partial charge < -0.3 is 21.1 Å². The number of hydrogen-bond donors (Lipinski definition) is 4. The Labute approximate surface area is 134 Å². The van der Waals surface area contributed by atoms with Gasteiger partial charge in [-0.3, -0.25) is 0 Å². The number of aliphatic hydroxyl groups excluding tert-OH is 1. The largest absolute Gasteiger partial charge is 0.393 e. The second kappa shape index (κ2) is 9.65. The number of rotatable bonds is 8. The summed E-state index contributed by atoms with van der Waals surface area (Å²) in [6.07, 6.45) is 2.36. The molecule has 1 unspecified atom stereocenters. The molecule has 4 N–H and O–H groups in total. The van der Waals surface area contributed by atoms with Crippen molar-refractivity contribution in [3.8, 4) is 0 Å². The SMILES string of the molecule is CCC(O)CCNC(=O)NCCNc1ncc(Cl)cc1Cl. The molecule has 8 heteroatoms. The van der Waals surface area contributed by atoms with Crippen molar-refractivity contribution >= 4 is 35.1 Å². The number of amides is 2. The molecule has 1 heterocycles. The fourth-order valence-electron chi connectivity index (χ4n) is 1.52. The minimum atomic E-state index is -0.370. The maximum Gasteiger partial charge on any atom is 0.314 e. The molecule has 0 saturated carbocycles. The van der Waals surface area contributed by atoms with Crippen LogP contribution in [0.25, 0.3) is 0 Å². The molecular weight excluding hydrogens is 315 g/mol. The van der Waals surface area contributed by atoms with Crippen LogP contribution < -0.4 is 16.0 Å². The van der Waals surface area contributed by atoms with Crippen molar-refractivity contribution in [1.82, 2.24) is 15.6 Å². The molecule has 0 saturated heterocycles. The molecule has 0 aliphatic heterocycles. The number of nitrogens with zero attached hydrogens (tertiary/aromatic N) is 1. The van der Waals surface area contributed by atoms with Crippen LogP contribution in [0.5, 0.6) is 0 Å². The lowest BCUT2D eigenvalue weighted by Crippen LogP contribution is -2.39. The Morgan fingerprint density at radius 1 is 1.33 bits per heavy atom. The Hall–Kier alpha value is -1.24. The van der Waals surface area contributed by atoms with Gasteiger partial charge in [0.15, 0.2) is 0 Å². The van der Waals surface area contributed by atoms with E-state index in [0.717, 1.165) is 0 Å². The number of nitrogens with one attached hydrogen (secondary N) is 3. The topological polar surface area (TPSA) is 86.3 Å². The van der Waals surface area contributed by atoms with E-state index in [9.17, 15) is 9.90 Å². The summed E-state index contributed by atoms with van der Waals surface area (Å²) in [6, 6.07) is 1.33. The molecule has 21 heavy (non-hydrogen) atoms. The number of aromatic nitrogens is 1. The van der Waals surface area contributed by atoms with Crippen LogP contribution in [-0.2, 0) is 0 Å². The Bertz CT molecular complexity index is 460. The number of halogens is 2. The maximum absolute atomic E-state index is 11.4. The van der Waals surface area contributed by atoms with Crippen molar-refractivity contribution in [3.63, 3.8) is 0 Å². The molecule has 0 radical (unpaired) electrons. The van der Waals surface area contributed by atoms with Crippen molar-refractivity contribution in [1.29, 1.82) is 0 Å². The fraction of sp³-hybridized carbons (Fsp3) is 0.538. The van der Waals surface area contributed by atoms with Crippen LogP contribution in [0, 0.1) is 0 Å². The third kappa shape index (κ3) is 7.36. The lowest BCUT2D eigenvalue weighted by Gasteiger charge is -2.11. The molecule has 2 amide bonds. The van der Waals surface area contributed by atoms with Gasteiger partial charge in [-0.05, 0) is 18.9 Å². The van der Waals surface area contributed by atoms with Crippen molar-refractivity contribution in [2.45, 2.75) is 25.9 Å². The summed E-state index contributed by atoms with van der Waals surface area (Å²) in [5.74, 6) is 0.523. The van der Waals surface area contributed by atoms with Gasteiger partial charge in [0.1, 0.15) is 5.82 Å². The number of urea groups is 1. The van der Waals surface area contributed by atoms with Gasteiger partial charge in [-0.15, -0.1) is 0 Å². The summed E-state index contributed by atoms with van der Waals surface area (Å²) in [7, 11) is 0. The summed E-state index contributed by atoms with van der Waals surface area (Å²) in [5.41, 5.74) is 0. The Balaban J connectivity index is 2.14. The number of carbonyl (C=O) groups excluding carboxylic acids is 1. The van der Waals surface area contributed by atoms with Gasteiger partial charge >= 0.3 is 6.03 Å². The molecule has 0 bridgehead atoms. The third-order valence-electron chi connectivity index (χ3n) is 2.75. The van der Waals surface area contributed by atoms with Gasteiger partial charge in [0.2, 0.25) is 0 Å². The standard InChI is InChI=1S/C13H20Cl2N4O2/c1-2-10(20)3-4-17-13(21)18-6-5-16-12-11(15)7-9(14)8-19-12/h7-8,10,20H,2-6H2,1H3,(H,16,19)(H2,17,18,21). The van der Waals surface area contributed by atoms with E-state index in [4.69, 9.17) is 23.2 Å². The summed E-state index contributed by atoms with van der Waals surface area (Å²) >= 11 is 11.7. The molecule has 1 aromatic heterocycles. The van der Waals surface area contributed by atoms with Crippen molar-refractivity contribution < 1.29 is 9.90 Å². The van der Waals surface area contributed by atoms with E-state index in [-0.39, 0.29) is 12.1 Å². The van der Waals surface area contributed by atoms with E-state index in [1.165, 1.54) is 6.20 Å².